The second-order valence-corrected chi connectivity index (χ2v) is 6.39. The van der Waals surface area contributed by atoms with Crippen molar-refractivity contribution in [2.24, 2.45) is 5.92 Å². The van der Waals surface area contributed by atoms with Gasteiger partial charge in [-0.05, 0) is 54.2 Å². The molecule has 2 atom stereocenters. The molecular formula is C13H18IN3. The van der Waals surface area contributed by atoms with Gasteiger partial charge in [-0.1, -0.05) is 12.8 Å². The van der Waals surface area contributed by atoms with Gasteiger partial charge in [-0.15, -0.1) is 0 Å². The third-order valence-corrected chi connectivity index (χ3v) is 4.66. The van der Waals surface area contributed by atoms with E-state index in [1.165, 1.54) is 38.5 Å². The zero-order valence-electron chi connectivity index (χ0n) is 9.98. The summed E-state index contributed by atoms with van der Waals surface area (Å²) in [5.74, 6) is 1.84. The predicted octanol–water partition coefficient (Wildman–Crippen LogP) is 3.24. The van der Waals surface area contributed by atoms with E-state index in [1.54, 1.807) is 0 Å². The van der Waals surface area contributed by atoms with Crippen molar-refractivity contribution in [3.05, 3.63) is 16.0 Å². The molecule has 0 aromatic carbocycles. The summed E-state index contributed by atoms with van der Waals surface area (Å²) in [6.07, 6.45) is 12.1. The minimum Gasteiger partial charge on any atom is -0.338 e. The van der Waals surface area contributed by atoms with Crippen molar-refractivity contribution in [1.29, 1.82) is 0 Å². The van der Waals surface area contributed by atoms with Crippen LogP contribution in [-0.4, -0.2) is 22.6 Å². The van der Waals surface area contributed by atoms with E-state index in [1.807, 2.05) is 12.4 Å². The van der Waals surface area contributed by atoms with Crippen molar-refractivity contribution in [2.45, 2.75) is 44.6 Å². The number of fused-ring (bicyclic) bond motifs is 1. The number of rotatable bonds is 1. The maximum Gasteiger partial charge on any atom is 0.225 e. The smallest absolute Gasteiger partial charge is 0.225 e. The van der Waals surface area contributed by atoms with Crippen molar-refractivity contribution in [3.63, 3.8) is 0 Å². The molecule has 2 heterocycles. The lowest BCUT2D eigenvalue weighted by atomic mass is 9.78. The highest BCUT2D eigenvalue weighted by atomic mass is 127. The molecule has 1 aromatic rings. The third kappa shape index (κ3) is 2.41. The van der Waals surface area contributed by atoms with Gasteiger partial charge in [-0.25, -0.2) is 9.97 Å². The zero-order chi connectivity index (χ0) is 11.7. The lowest BCUT2D eigenvalue weighted by Gasteiger charge is -2.44. The van der Waals surface area contributed by atoms with Crippen LogP contribution in [0.4, 0.5) is 5.95 Å². The molecule has 0 bridgehead atoms. The summed E-state index contributed by atoms with van der Waals surface area (Å²) in [6, 6.07) is 0.706. The van der Waals surface area contributed by atoms with E-state index in [4.69, 9.17) is 0 Å². The Hall–Kier alpha value is -0.390. The molecule has 1 saturated carbocycles. The summed E-state index contributed by atoms with van der Waals surface area (Å²) in [6.45, 7) is 1.14. The van der Waals surface area contributed by atoms with Gasteiger partial charge in [0.1, 0.15) is 0 Å². The molecular weight excluding hydrogens is 325 g/mol. The Balaban J connectivity index is 1.83. The normalized spacial score (nSPS) is 28.9. The van der Waals surface area contributed by atoms with Gasteiger partial charge in [-0.3, -0.25) is 0 Å². The fourth-order valence-corrected chi connectivity index (χ4v) is 3.61. The van der Waals surface area contributed by atoms with E-state index in [2.05, 4.69) is 37.5 Å². The Morgan fingerprint density at radius 2 is 1.76 bits per heavy atom. The first-order valence-corrected chi connectivity index (χ1v) is 7.66. The largest absolute Gasteiger partial charge is 0.338 e. The van der Waals surface area contributed by atoms with Crippen molar-refractivity contribution < 1.29 is 0 Å². The van der Waals surface area contributed by atoms with Crippen molar-refractivity contribution in [3.8, 4) is 0 Å². The molecule has 0 amide bonds. The summed E-state index contributed by atoms with van der Waals surface area (Å²) in [5.41, 5.74) is 0. The maximum atomic E-state index is 4.50. The van der Waals surface area contributed by atoms with Gasteiger partial charge in [0.2, 0.25) is 5.95 Å². The van der Waals surface area contributed by atoms with Crippen LogP contribution in [0.15, 0.2) is 12.4 Å². The summed E-state index contributed by atoms with van der Waals surface area (Å²) in [4.78, 5) is 11.5. The average Bonchev–Trinajstić information content (AvgIpc) is 2.39. The molecule has 2 fully saturated rings. The van der Waals surface area contributed by atoms with Gasteiger partial charge in [0.05, 0.1) is 0 Å². The molecule has 3 nitrogen and oxygen atoms in total. The fraction of sp³-hybridized carbons (Fsp3) is 0.692. The minimum absolute atomic E-state index is 0.706. The second kappa shape index (κ2) is 5.08. The Morgan fingerprint density at radius 1 is 1.06 bits per heavy atom. The Bertz CT molecular complexity index is 377. The van der Waals surface area contributed by atoms with Gasteiger partial charge >= 0.3 is 0 Å². The highest BCUT2D eigenvalue weighted by Crippen LogP contribution is 2.36. The third-order valence-electron chi connectivity index (χ3n) is 4.11. The van der Waals surface area contributed by atoms with Gasteiger partial charge < -0.3 is 4.90 Å². The number of hydrogen-bond acceptors (Lipinski definition) is 3. The molecule has 1 aliphatic heterocycles. The summed E-state index contributed by atoms with van der Waals surface area (Å²) >= 11 is 2.26. The summed E-state index contributed by atoms with van der Waals surface area (Å²) in [7, 11) is 0. The number of anilines is 1. The number of hydrogen-bond donors (Lipinski definition) is 0. The van der Waals surface area contributed by atoms with E-state index in [9.17, 15) is 0 Å². The Kier molecular flexibility index (Phi) is 3.49. The maximum absolute atomic E-state index is 4.50. The SMILES string of the molecule is Ic1cnc(N2CCC[C@H]3CCCC[C@H]32)nc1. The highest BCUT2D eigenvalue weighted by molar-refractivity contribution is 14.1. The highest BCUT2D eigenvalue weighted by Gasteiger charge is 2.34. The van der Waals surface area contributed by atoms with E-state index in [0.717, 1.165) is 22.0 Å². The number of nitrogens with zero attached hydrogens (tertiary/aromatic N) is 3. The Labute approximate surface area is 116 Å². The van der Waals surface area contributed by atoms with Gasteiger partial charge in [0, 0.05) is 28.6 Å². The van der Waals surface area contributed by atoms with Crippen LogP contribution in [-0.2, 0) is 0 Å². The first-order valence-electron chi connectivity index (χ1n) is 6.59. The molecule has 17 heavy (non-hydrogen) atoms. The number of aromatic nitrogens is 2. The predicted molar refractivity (Wildman–Crippen MR) is 77.1 cm³/mol. The van der Waals surface area contributed by atoms with Crippen LogP contribution < -0.4 is 4.90 Å². The summed E-state index contributed by atoms with van der Waals surface area (Å²) in [5, 5.41) is 0. The van der Waals surface area contributed by atoms with Gasteiger partial charge in [0.25, 0.3) is 0 Å². The van der Waals surface area contributed by atoms with Crippen LogP contribution in [0.1, 0.15) is 38.5 Å². The second-order valence-electron chi connectivity index (χ2n) is 5.15. The minimum atomic E-state index is 0.706. The fourth-order valence-electron chi connectivity index (χ4n) is 3.33. The zero-order valence-corrected chi connectivity index (χ0v) is 12.1. The molecule has 92 valence electrons. The first-order chi connectivity index (χ1) is 8.34. The number of halogens is 1. The number of piperidine rings is 1. The first kappa shape index (κ1) is 11.7. The van der Waals surface area contributed by atoms with E-state index >= 15 is 0 Å². The quantitative estimate of drug-likeness (QED) is 0.733. The molecule has 0 N–H and O–H groups in total. The van der Waals surface area contributed by atoms with Crippen molar-refractivity contribution in [1.82, 2.24) is 9.97 Å². The lowest BCUT2D eigenvalue weighted by molar-refractivity contribution is 0.241. The molecule has 2 aliphatic rings. The molecule has 0 spiro atoms. The Morgan fingerprint density at radius 3 is 2.59 bits per heavy atom. The standard InChI is InChI=1S/C13H18IN3/c14-11-8-15-13(16-9-11)17-7-3-5-10-4-1-2-6-12(10)17/h8-10,12H,1-7H2/t10-,12-/m1/s1. The molecule has 1 aliphatic carbocycles. The van der Waals surface area contributed by atoms with Crippen LogP contribution in [0.5, 0.6) is 0 Å². The van der Waals surface area contributed by atoms with Crippen molar-refractivity contribution >= 4 is 28.5 Å². The lowest BCUT2D eigenvalue weighted by Crippen LogP contribution is -2.47. The van der Waals surface area contributed by atoms with E-state index in [0.29, 0.717) is 6.04 Å². The molecule has 1 aromatic heterocycles. The topological polar surface area (TPSA) is 29.0 Å². The summed E-state index contributed by atoms with van der Waals surface area (Å²) < 4.78 is 1.11. The van der Waals surface area contributed by atoms with Crippen LogP contribution in [0.2, 0.25) is 0 Å². The van der Waals surface area contributed by atoms with Gasteiger partial charge in [0.15, 0.2) is 0 Å². The molecule has 0 radical (unpaired) electrons. The average molecular weight is 343 g/mol. The van der Waals surface area contributed by atoms with Gasteiger partial charge in [-0.2, -0.15) is 0 Å². The van der Waals surface area contributed by atoms with Crippen LogP contribution in [0.3, 0.4) is 0 Å². The van der Waals surface area contributed by atoms with Crippen molar-refractivity contribution in [2.75, 3.05) is 11.4 Å². The molecule has 1 saturated heterocycles. The van der Waals surface area contributed by atoms with Crippen LogP contribution >= 0.6 is 22.6 Å². The molecule has 4 heteroatoms. The van der Waals surface area contributed by atoms with Crippen LogP contribution in [0, 0.1) is 9.49 Å². The van der Waals surface area contributed by atoms with E-state index in [-0.39, 0.29) is 0 Å². The monoisotopic (exact) mass is 343 g/mol. The van der Waals surface area contributed by atoms with Crippen LogP contribution in [0.25, 0.3) is 0 Å². The van der Waals surface area contributed by atoms with E-state index < -0.39 is 0 Å². The molecule has 0 unspecified atom stereocenters. The molecule has 3 rings (SSSR count).